The van der Waals surface area contributed by atoms with Gasteiger partial charge in [-0.15, -0.1) is 0 Å². The number of fused-ring (bicyclic) bond motifs is 4. The smallest absolute Gasteiger partial charge is 0.256 e. The van der Waals surface area contributed by atoms with Gasteiger partial charge in [0.15, 0.2) is 0 Å². The van der Waals surface area contributed by atoms with E-state index in [0.29, 0.717) is 12.2 Å². The Hall–Kier alpha value is -1.61. The van der Waals surface area contributed by atoms with Crippen LogP contribution in [0.4, 0.5) is 52.7 Å². The molecule has 4 atom stereocenters. The van der Waals surface area contributed by atoms with E-state index in [1.165, 1.54) is 41.5 Å². The third-order valence-corrected chi connectivity index (χ3v) is 11.5. The zero-order valence-corrected chi connectivity index (χ0v) is 23.4. The Morgan fingerprint density at radius 3 is 1.02 bits per heavy atom. The van der Waals surface area contributed by atoms with Crippen molar-refractivity contribution in [3.63, 3.8) is 0 Å². The van der Waals surface area contributed by atoms with Crippen molar-refractivity contribution in [1.82, 2.24) is 0 Å². The fourth-order valence-corrected chi connectivity index (χ4v) is 10.1. The van der Waals surface area contributed by atoms with Gasteiger partial charge in [-0.05, 0) is 22.0 Å². The number of hydrogen-bond donors (Lipinski definition) is 0. The molecule has 0 aromatic rings. The van der Waals surface area contributed by atoms with Crippen LogP contribution in [0.2, 0.25) is 0 Å². The van der Waals surface area contributed by atoms with Crippen molar-refractivity contribution in [1.29, 1.82) is 0 Å². The Labute approximate surface area is 230 Å². The second-order valence-corrected chi connectivity index (χ2v) is 15.3. The largest absolute Gasteiger partial charge is 0.429 e. The summed E-state index contributed by atoms with van der Waals surface area (Å²) in [7, 11) is -4.96. The predicted octanol–water partition coefficient (Wildman–Crippen LogP) is 9.46. The molecule has 2 aliphatic heterocycles. The minimum atomic E-state index is -6.29. The van der Waals surface area contributed by atoms with E-state index in [1.807, 2.05) is 0 Å². The summed E-state index contributed by atoms with van der Waals surface area (Å²) in [6.45, 7) is 8.88. The van der Waals surface area contributed by atoms with Crippen LogP contribution in [0, 0.1) is 22.7 Å². The average molecular weight is 633 g/mol. The quantitative estimate of drug-likeness (QED) is 0.248. The second-order valence-electron chi connectivity index (χ2n) is 12.7. The highest BCUT2D eigenvalue weighted by atomic mass is 32.3. The molecule has 0 amide bonds. The molecule has 2 heterocycles. The van der Waals surface area contributed by atoms with E-state index in [9.17, 15) is 52.7 Å². The predicted molar refractivity (Wildman–Crippen MR) is 127 cm³/mol. The second kappa shape index (κ2) is 8.73. The minimum absolute atomic E-state index is 0.0294. The van der Waals surface area contributed by atoms with Gasteiger partial charge in [0, 0.05) is 0 Å². The number of rotatable bonds is 0. The Balaban J connectivity index is 2.10. The summed E-state index contributed by atoms with van der Waals surface area (Å²) in [6, 6.07) is 0. The van der Waals surface area contributed by atoms with Crippen molar-refractivity contribution in [2.45, 2.75) is 87.9 Å². The maximum Gasteiger partial charge on any atom is 0.429 e. The zero-order valence-electron chi connectivity index (χ0n) is 22.5. The van der Waals surface area contributed by atoms with Crippen LogP contribution in [0.25, 0.3) is 0 Å². The normalized spacial score (nSPS) is 35.1. The molecule has 0 N–H and O–H groups in total. The summed E-state index contributed by atoms with van der Waals surface area (Å²) in [5, 5.41) is -4.49. The topological polar surface area (TPSA) is 18.5 Å². The van der Waals surface area contributed by atoms with Crippen molar-refractivity contribution >= 4 is 10.6 Å². The zero-order chi connectivity index (χ0) is 31.6. The van der Waals surface area contributed by atoms with Crippen LogP contribution < -0.4 is 0 Å². The minimum Gasteiger partial charge on any atom is -0.256 e. The molecule has 2 saturated heterocycles. The fourth-order valence-electron chi connectivity index (χ4n) is 5.86. The van der Waals surface area contributed by atoms with Crippen molar-refractivity contribution in [2.75, 3.05) is 0 Å². The van der Waals surface area contributed by atoms with E-state index in [4.69, 9.17) is 8.37 Å². The Bertz CT molecular complexity index is 1080. The van der Waals surface area contributed by atoms with Gasteiger partial charge in [0.2, 0.25) is 0 Å². The van der Waals surface area contributed by atoms with Crippen molar-refractivity contribution in [3.8, 4) is 0 Å². The third-order valence-electron chi connectivity index (χ3n) is 7.99. The van der Waals surface area contributed by atoms with Crippen LogP contribution in [0.3, 0.4) is 0 Å². The molecule has 0 saturated carbocycles. The van der Waals surface area contributed by atoms with Gasteiger partial charge in [-0.2, -0.15) is 63.3 Å². The van der Waals surface area contributed by atoms with Crippen molar-refractivity contribution < 1.29 is 61.1 Å². The SMILES string of the molecule is CC(C)(C)C1=CC2C(C=C1)S1(OC2(C(F)(F)F)C(F)(F)F)OC(C(F)(F)F)(C(F)(F)F)C2C=C(C(C)(C)C)C=CC21. The summed E-state index contributed by atoms with van der Waals surface area (Å²) in [5.74, 6) is -5.51. The van der Waals surface area contributed by atoms with E-state index >= 15 is 0 Å². The standard InChI is InChI=1S/C26H28F12O2S/c1-19(2,3)13-7-9-17-15(11-13)21(23(27,28)29,24(30,31)32)39-41(17)18-10-8-14(20(4,5)6)12-16(18)22(40-41,25(33,34)35)26(36,37)38/h7-12,15-18H,1-6H3. The molecule has 2 nitrogen and oxygen atoms in total. The monoisotopic (exact) mass is 632 g/mol. The molecule has 0 aromatic heterocycles. The first-order valence-corrected chi connectivity index (χ1v) is 14.0. The number of hydrogen-bond acceptors (Lipinski definition) is 2. The van der Waals surface area contributed by atoms with Gasteiger partial charge in [0.1, 0.15) is 0 Å². The van der Waals surface area contributed by atoms with E-state index in [2.05, 4.69) is 0 Å². The molecule has 4 rings (SSSR count). The number of halogens is 12. The number of alkyl halides is 12. The molecule has 2 aliphatic carbocycles. The molecule has 4 unspecified atom stereocenters. The average Bonchev–Trinajstić information content (AvgIpc) is 3.23. The lowest BCUT2D eigenvalue weighted by atomic mass is 9.74. The highest BCUT2D eigenvalue weighted by Crippen LogP contribution is 2.84. The Morgan fingerprint density at radius 1 is 0.537 bits per heavy atom. The molecule has 0 bridgehead atoms. The van der Waals surface area contributed by atoms with Crippen LogP contribution in [0.5, 0.6) is 0 Å². The van der Waals surface area contributed by atoms with Crippen LogP contribution in [-0.4, -0.2) is 46.4 Å². The molecule has 0 radical (unpaired) electrons. The summed E-state index contributed by atoms with van der Waals surface area (Å²) in [6.07, 6.45) is -20.1. The molecule has 1 spiro atoms. The van der Waals surface area contributed by atoms with E-state index < -0.39 is 79.7 Å². The molecule has 2 fully saturated rings. The van der Waals surface area contributed by atoms with E-state index in [-0.39, 0.29) is 11.1 Å². The fraction of sp³-hybridized carbons (Fsp3) is 0.692. The summed E-state index contributed by atoms with van der Waals surface area (Å²) >= 11 is 0. The van der Waals surface area contributed by atoms with Crippen LogP contribution in [0.1, 0.15) is 41.5 Å². The van der Waals surface area contributed by atoms with Gasteiger partial charge in [-0.3, -0.25) is 8.37 Å². The molecular weight excluding hydrogens is 604 g/mol. The highest BCUT2D eigenvalue weighted by molar-refractivity contribution is 8.27. The molecule has 15 heteroatoms. The highest BCUT2D eigenvalue weighted by Gasteiger charge is 2.89. The molecule has 4 aliphatic rings. The van der Waals surface area contributed by atoms with E-state index in [0.717, 1.165) is 24.3 Å². The molecular formula is C26H28F12O2S. The van der Waals surface area contributed by atoms with Gasteiger partial charge in [0.05, 0.1) is 22.3 Å². The summed E-state index contributed by atoms with van der Waals surface area (Å²) in [4.78, 5) is 0. The van der Waals surface area contributed by atoms with E-state index in [1.54, 1.807) is 0 Å². The van der Waals surface area contributed by atoms with Gasteiger partial charge >= 0.3 is 24.7 Å². The maximum absolute atomic E-state index is 14.6. The first-order valence-electron chi connectivity index (χ1n) is 12.4. The van der Waals surface area contributed by atoms with Crippen molar-refractivity contribution in [3.05, 3.63) is 47.6 Å². The molecule has 41 heavy (non-hydrogen) atoms. The molecule has 234 valence electrons. The summed E-state index contributed by atoms with van der Waals surface area (Å²) < 4.78 is 185. The van der Waals surface area contributed by atoms with Crippen LogP contribution in [0.15, 0.2) is 47.6 Å². The Kier molecular flexibility index (Phi) is 6.88. The molecule has 0 aromatic carbocycles. The third kappa shape index (κ3) is 4.33. The van der Waals surface area contributed by atoms with Crippen LogP contribution in [-0.2, 0) is 8.37 Å². The first-order chi connectivity index (χ1) is 18.1. The van der Waals surface area contributed by atoms with Gasteiger partial charge in [0.25, 0.3) is 11.2 Å². The van der Waals surface area contributed by atoms with Crippen molar-refractivity contribution in [2.24, 2.45) is 22.7 Å². The number of allylic oxidation sites excluding steroid dienone is 4. The Morgan fingerprint density at radius 2 is 0.805 bits per heavy atom. The van der Waals surface area contributed by atoms with Crippen LogP contribution >= 0.6 is 10.6 Å². The lowest BCUT2D eigenvalue weighted by Crippen LogP contribution is -2.61. The summed E-state index contributed by atoms with van der Waals surface area (Å²) in [5.41, 5.74) is -12.4. The first kappa shape index (κ1) is 32.3. The van der Waals surface area contributed by atoms with Gasteiger partial charge < -0.3 is 0 Å². The lowest BCUT2D eigenvalue weighted by molar-refractivity contribution is -0.369. The maximum atomic E-state index is 14.6. The lowest BCUT2D eigenvalue weighted by Gasteiger charge is -2.46. The van der Waals surface area contributed by atoms with Gasteiger partial charge in [-0.1, -0.05) is 78.0 Å². The van der Waals surface area contributed by atoms with Gasteiger partial charge in [-0.25, -0.2) is 0 Å².